The summed E-state index contributed by atoms with van der Waals surface area (Å²) in [6.07, 6.45) is 2.97. The van der Waals surface area contributed by atoms with Gasteiger partial charge in [-0.3, -0.25) is 4.79 Å². The van der Waals surface area contributed by atoms with Crippen LogP contribution in [0.4, 0.5) is 0 Å². The molecule has 0 aliphatic rings. The zero-order chi connectivity index (χ0) is 17.6. The molecule has 24 heavy (non-hydrogen) atoms. The summed E-state index contributed by atoms with van der Waals surface area (Å²) in [5.41, 5.74) is 2.07. The summed E-state index contributed by atoms with van der Waals surface area (Å²) >= 11 is 0. The largest absolute Gasteiger partial charge is 0.445 e. The van der Waals surface area contributed by atoms with E-state index in [9.17, 15) is 4.79 Å². The van der Waals surface area contributed by atoms with Crippen LogP contribution < -0.4 is 5.32 Å². The molecule has 4 nitrogen and oxygen atoms in total. The third-order valence-corrected chi connectivity index (χ3v) is 3.92. The number of hydrogen-bond donors (Lipinski definition) is 1. The maximum absolute atomic E-state index is 11.9. The van der Waals surface area contributed by atoms with Crippen LogP contribution in [0.25, 0.3) is 0 Å². The molecular formula is C20H28N2O2. The van der Waals surface area contributed by atoms with Gasteiger partial charge in [-0.25, -0.2) is 4.98 Å². The number of hydrogen-bond acceptors (Lipinski definition) is 3. The number of carbonyl (C=O) groups excluding carboxylic acids is 1. The molecule has 2 aromatic rings. The monoisotopic (exact) mass is 328 g/mol. The van der Waals surface area contributed by atoms with E-state index in [-0.39, 0.29) is 11.3 Å². The van der Waals surface area contributed by atoms with E-state index in [1.807, 2.05) is 37.3 Å². The molecule has 0 spiro atoms. The Morgan fingerprint density at radius 3 is 2.50 bits per heavy atom. The van der Waals surface area contributed by atoms with Crippen molar-refractivity contribution < 1.29 is 9.21 Å². The Bertz CT molecular complexity index is 654. The fourth-order valence-corrected chi connectivity index (χ4v) is 2.45. The van der Waals surface area contributed by atoms with Gasteiger partial charge < -0.3 is 9.73 Å². The molecule has 2 rings (SSSR count). The standard InChI is InChI=1S/C20H28N2O2/c1-15-17(24-19(22-15)20(2,3)4)11-8-14-21-18(23)13-12-16-9-6-5-7-10-16/h5-7,9-10H,8,11-14H2,1-4H3,(H,21,23). The highest BCUT2D eigenvalue weighted by Crippen LogP contribution is 2.24. The molecule has 0 atom stereocenters. The Morgan fingerprint density at radius 1 is 1.17 bits per heavy atom. The smallest absolute Gasteiger partial charge is 0.220 e. The zero-order valence-corrected chi connectivity index (χ0v) is 15.2. The summed E-state index contributed by atoms with van der Waals surface area (Å²) < 4.78 is 5.87. The van der Waals surface area contributed by atoms with Gasteiger partial charge >= 0.3 is 0 Å². The first-order valence-corrected chi connectivity index (χ1v) is 8.63. The molecule has 0 radical (unpaired) electrons. The molecule has 0 aliphatic carbocycles. The molecule has 0 aliphatic heterocycles. The first-order valence-electron chi connectivity index (χ1n) is 8.63. The van der Waals surface area contributed by atoms with Gasteiger partial charge in [0.25, 0.3) is 0 Å². The summed E-state index contributed by atoms with van der Waals surface area (Å²) in [6.45, 7) is 8.92. The van der Waals surface area contributed by atoms with Crippen molar-refractivity contribution in [2.24, 2.45) is 0 Å². The highest BCUT2D eigenvalue weighted by molar-refractivity contribution is 5.76. The molecule has 1 heterocycles. The minimum absolute atomic E-state index is 0.0747. The molecule has 0 saturated carbocycles. The van der Waals surface area contributed by atoms with E-state index in [4.69, 9.17) is 4.42 Å². The van der Waals surface area contributed by atoms with Gasteiger partial charge in [0, 0.05) is 24.8 Å². The minimum Gasteiger partial charge on any atom is -0.445 e. The Morgan fingerprint density at radius 2 is 1.88 bits per heavy atom. The van der Waals surface area contributed by atoms with Crippen LogP contribution >= 0.6 is 0 Å². The van der Waals surface area contributed by atoms with Crippen LogP contribution in [0.1, 0.15) is 56.5 Å². The van der Waals surface area contributed by atoms with E-state index in [0.29, 0.717) is 13.0 Å². The van der Waals surface area contributed by atoms with Gasteiger partial charge in [-0.15, -0.1) is 0 Å². The van der Waals surface area contributed by atoms with Gasteiger partial charge in [0.1, 0.15) is 5.76 Å². The minimum atomic E-state index is -0.0747. The molecule has 4 heteroatoms. The van der Waals surface area contributed by atoms with Crippen LogP contribution in [0.3, 0.4) is 0 Å². The van der Waals surface area contributed by atoms with E-state index < -0.39 is 0 Å². The Balaban J connectivity index is 1.69. The Hall–Kier alpha value is -2.10. The average Bonchev–Trinajstić information content (AvgIpc) is 2.92. The van der Waals surface area contributed by atoms with Gasteiger partial charge in [0.15, 0.2) is 5.89 Å². The summed E-state index contributed by atoms with van der Waals surface area (Å²) in [5.74, 6) is 1.81. The predicted octanol–water partition coefficient (Wildman–Crippen LogP) is 3.96. The number of carbonyl (C=O) groups is 1. The van der Waals surface area contributed by atoms with Crippen molar-refractivity contribution in [2.45, 2.75) is 58.8 Å². The second kappa shape index (κ2) is 8.13. The molecule has 0 fully saturated rings. The molecule has 0 unspecified atom stereocenters. The summed E-state index contributed by atoms with van der Waals surface area (Å²) in [7, 11) is 0. The van der Waals surface area contributed by atoms with Gasteiger partial charge in [0.05, 0.1) is 5.69 Å². The maximum atomic E-state index is 11.9. The van der Waals surface area contributed by atoms with Gasteiger partial charge in [-0.1, -0.05) is 51.1 Å². The first-order chi connectivity index (χ1) is 11.4. The highest BCUT2D eigenvalue weighted by Gasteiger charge is 2.21. The lowest BCUT2D eigenvalue weighted by atomic mass is 9.97. The van der Waals surface area contributed by atoms with E-state index in [0.717, 1.165) is 36.6 Å². The molecule has 1 amide bonds. The molecular weight excluding hydrogens is 300 g/mol. The topological polar surface area (TPSA) is 55.1 Å². The predicted molar refractivity (Wildman–Crippen MR) is 96.0 cm³/mol. The van der Waals surface area contributed by atoms with E-state index >= 15 is 0 Å². The van der Waals surface area contributed by atoms with Crippen molar-refractivity contribution in [3.05, 3.63) is 53.2 Å². The number of oxazole rings is 1. The second-order valence-electron chi connectivity index (χ2n) is 7.22. The molecule has 130 valence electrons. The van der Waals surface area contributed by atoms with Crippen LogP contribution in [-0.2, 0) is 23.1 Å². The average molecular weight is 328 g/mol. The fraction of sp³-hybridized carbons (Fsp3) is 0.500. The number of amides is 1. The fourth-order valence-electron chi connectivity index (χ4n) is 2.45. The van der Waals surface area contributed by atoms with E-state index in [1.165, 1.54) is 5.56 Å². The van der Waals surface area contributed by atoms with Crippen LogP contribution in [0, 0.1) is 6.92 Å². The van der Waals surface area contributed by atoms with Crippen molar-refractivity contribution in [2.75, 3.05) is 6.54 Å². The SMILES string of the molecule is Cc1nc(C(C)(C)C)oc1CCCNC(=O)CCc1ccccc1. The summed E-state index contributed by atoms with van der Waals surface area (Å²) in [5, 5.41) is 2.98. The normalized spacial score (nSPS) is 11.5. The number of rotatable bonds is 7. The van der Waals surface area contributed by atoms with Crippen LogP contribution in [0.5, 0.6) is 0 Å². The summed E-state index contributed by atoms with van der Waals surface area (Å²) in [6, 6.07) is 10.1. The van der Waals surface area contributed by atoms with Crippen LogP contribution in [0.15, 0.2) is 34.7 Å². The van der Waals surface area contributed by atoms with Crippen molar-refractivity contribution in [3.63, 3.8) is 0 Å². The van der Waals surface area contributed by atoms with E-state index in [2.05, 4.69) is 31.1 Å². The van der Waals surface area contributed by atoms with Crippen molar-refractivity contribution >= 4 is 5.91 Å². The van der Waals surface area contributed by atoms with Gasteiger partial charge in [0.2, 0.25) is 5.91 Å². The lowest BCUT2D eigenvalue weighted by Gasteiger charge is -2.12. The van der Waals surface area contributed by atoms with Crippen molar-refractivity contribution in [1.29, 1.82) is 0 Å². The second-order valence-corrected chi connectivity index (χ2v) is 7.22. The molecule has 1 N–H and O–H groups in total. The number of nitrogens with zero attached hydrogens (tertiary/aromatic N) is 1. The van der Waals surface area contributed by atoms with Crippen molar-refractivity contribution in [3.8, 4) is 0 Å². The third-order valence-electron chi connectivity index (χ3n) is 3.92. The quantitative estimate of drug-likeness (QED) is 0.783. The summed E-state index contributed by atoms with van der Waals surface area (Å²) in [4.78, 5) is 16.4. The lowest BCUT2D eigenvalue weighted by Crippen LogP contribution is -2.25. The van der Waals surface area contributed by atoms with Gasteiger partial charge in [-0.05, 0) is 25.3 Å². The molecule has 1 aromatic carbocycles. The Labute approximate surface area is 144 Å². The van der Waals surface area contributed by atoms with Crippen LogP contribution in [-0.4, -0.2) is 17.4 Å². The molecule has 0 bridgehead atoms. The number of aryl methyl sites for hydroxylation is 3. The van der Waals surface area contributed by atoms with Crippen molar-refractivity contribution in [1.82, 2.24) is 10.3 Å². The maximum Gasteiger partial charge on any atom is 0.220 e. The Kier molecular flexibility index (Phi) is 6.18. The first kappa shape index (κ1) is 18.2. The van der Waals surface area contributed by atoms with Gasteiger partial charge in [-0.2, -0.15) is 0 Å². The third kappa shape index (κ3) is 5.52. The number of nitrogens with one attached hydrogen (secondary N) is 1. The number of aromatic nitrogens is 1. The molecule has 1 aromatic heterocycles. The van der Waals surface area contributed by atoms with Crippen LogP contribution in [0.2, 0.25) is 0 Å². The molecule has 0 saturated heterocycles. The lowest BCUT2D eigenvalue weighted by molar-refractivity contribution is -0.121. The number of benzene rings is 1. The highest BCUT2D eigenvalue weighted by atomic mass is 16.4. The van der Waals surface area contributed by atoms with E-state index in [1.54, 1.807) is 0 Å². The zero-order valence-electron chi connectivity index (χ0n) is 15.2.